The van der Waals surface area contributed by atoms with Crippen molar-refractivity contribution in [3.63, 3.8) is 0 Å². The summed E-state index contributed by atoms with van der Waals surface area (Å²) < 4.78 is 38.9. The van der Waals surface area contributed by atoms with E-state index in [0.29, 0.717) is 16.7 Å². The van der Waals surface area contributed by atoms with E-state index in [1.54, 1.807) is 32.0 Å². The van der Waals surface area contributed by atoms with Crippen LogP contribution in [0.1, 0.15) is 32.6 Å². The van der Waals surface area contributed by atoms with Gasteiger partial charge in [0.1, 0.15) is 0 Å². The first kappa shape index (κ1) is 14.3. The van der Waals surface area contributed by atoms with Gasteiger partial charge in [0.15, 0.2) is 5.78 Å². The van der Waals surface area contributed by atoms with Crippen LogP contribution in [0.4, 0.5) is 13.2 Å². The summed E-state index contributed by atoms with van der Waals surface area (Å²) in [5, 5.41) is 0. The van der Waals surface area contributed by atoms with E-state index in [4.69, 9.17) is 0 Å². The molecular weight excluding hydrogens is 265 g/mol. The lowest BCUT2D eigenvalue weighted by molar-refractivity contribution is -0.137. The number of hydrogen-bond donors (Lipinski definition) is 0. The van der Waals surface area contributed by atoms with Crippen molar-refractivity contribution in [1.29, 1.82) is 0 Å². The van der Waals surface area contributed by atoms with Gasteiger partial charge in [0.25, 0.3) is 0 Å². The molecule has 0 aliphatic heterocycles. The van der Waals surface area contributed by atoms with Crippen LogP contribution in [0.5, 0.6) is 0 Å². The number of ketones is 1. The maximum absolute atomic E-state index is 13.0. The second-order valence-electron chi connectivity index (χ2n) is 4.64. The summed E-state index contributed by atoms with van der Waals surface area (Å²) in [6.45, 7) is 3.44. The number of hydrogen-bond acceptors (Lipinski definition) is 1. The fourth-order valence-corrected chi connectivity index (χ4v) is 2.24. The van der Waals surface area contributed by atoms with Gasteiger partial charge in [0.2, 0.25) is 0 Å². The Bertz CT molecular complexity index is 637. The summed E-state index contributed by atoms with van der Waals surface area (Å²) in [5.74, 6) is -0.589. The third kappa shape index (κ3) is 2.59. The number of carbonyl (C=O) groups excluding carboxylic acids is 1. The number of halogens is 3. The second kappa shape index (κ2) is 5.12. The summed E-state index contributed by atoms with van der Waals surface area (Å²) >= 11 is 0. The fraction of sp³-hybridized carbons (Fsp3) is 0.188. The SMILES string of the molecule is Cc1cccc(C)c1C(=O)c1ccccc1C(F)(F)F. The van der Waals surface area contributed by atoms with Crippen molar-refractivity contribution < 1.29 is 18.0 Å². The molecule has 20 heavy (non-hydrogen) atoms. The molecule has 0 N–H and O–H groups in total. The molecule has 4 heteroatoms. The number of rotatable bonds is 2. The first-order chi connectivity index (χ1) is 9.32. The average molecular weight is 278 g/mol. The summed E-state index contributed by atoms with van der Waals surface area (Å²) in [6, 6.07) is 10.1. The highest BCUT2D eigenvalue weighted by Crippen LogP contribution is 2.33. The van der Waals surface area contributed by atoms with Crippen LogP contribution in [-0.4, -0.2) is 5.78 Å². The Morgan fingerprint density at radius 2 is 1.45 bits per heavy atom. The van der Waals surface area contributed by atoms with E-state index < -0.39 is 17.5 Å². The molecule has 0 fully saturated rings. The largest absolute Gasteiger partial charge is 0.417 e. The Balaban J connectivity index is 2.61. The van der Waals surface area contributed by atoms with Crippen LogP contribution in [0, 0.1) is 13.8 Å². The minimum atomic E-state index is -4.54. The molecule has 2 aromatic rings. The molecule has 0 spiro atoms. The highest BCUT2D eigenvalue weighted by atomic mass is 19.4. The maximum Gasteiger partial charge on any atom is 0.417 e. The van der Waals surface area contributed by atoms with Crippen molar-refractivity contribution in [3.05, 3.63) is 70.3 Å². The lowest BCUT2D eigenvalue weighted by Crippen LogP contribution is -2.15. The Kier molecular flexibility index (Phi) is 3.66. The highest BCUT2D eigenvalue weighted by molar-refractivity contribution is 6.11. The molecule has 0 saturated heterocycles. The average Bonchev–Trinajstić information content (AvgIpc) is 2.37. The minimum absolute atomic E-state index is 0.308. The summed E-state index contributed by atoms with van der Waals surface area (Å²) in [6.07, 6.45) is -4.54. The molecule has 1 nitrogen and oxygen atoms in total. The summed E-state index contributed by atoms with van der Waals surface area (Å²) in [4.78, 5) is 12.5. The monoisotopic (exact) mass is 278 g/mol. The van der Waals surface area contributed by atoms with Gasteiger partial charge in [-0.1, -0.05) is 36.4 Å². The van der Waals surface area contributed by atoms with Crippen LogP contribution in [0.3, 0.4) is 0 Å². The first-order valence-electron chi connectivity index (χ1n) is 6.09. The van der Waals surface area contributed by atoms with Crippen molar-refractivity contribution in [2.75, 3.05) is 0 Å². The molecule has 0 bridgehead atoms. The van der Waals surface area contributed by atoms with Gasteiger partial charge in [-0.05, 0) is 31.0 Å². The zero-order valence-corrected chi connectivity index (χ0v) is 11.1. The van der Waals surface area contributed by atoms with Crippen molar-refractivity contribution >= 4 is 5.78 Å². The molecule has 0 unspecified atom stereocenters. The lowest BCUT2D eigenvalue weighted by Gasteiger charge is -2.14. The number of alkyl halides is 3. The molecule has 0 amide bonds. The second-order valence-corrected chi connectivity index (χ2v) is 4.64. The predicted octanol–water partition coefficient (Wildman–Crippen LogP) is 4.55. The van der Waals surface area contributed by atoms with Gasteiger partial charge in [-0.15, -0.1) is 0 Å². The molecule has 0 atom stereocenters. The third-order valence-corrected chi connectivity index (χ3v) is 3.19. The number of benzene rings is 2. The van der Waals surface area contributed by atoms with Gasteiger partial charge >= 0.3 is 6.18 Å². The molecule has 2 aromatic carbocycles. The zero-order chi connectivity index (χ0) is 14.9. The molecule has 0 aromatic heterocycles. The van der Waals surface area contributed by atoms with Gasteiger partial charge in [0, 0.05) is 11.1 Å². The lowest BCUT2D eigenvalue weighted by atomic mass is 9.92. The standard InChI is InChI=1S/C16H13F3O/c1-10-6-5-7-11(2)14(10)15(20)12-8-3-4-9-13(12)16(17,18)19/h3-9H,1-2H3. The Labute approximate surface area is 115 Å². The van der Waals surface area contributed by atoms with Crippen LogP contribution < -0.4 is 0 Å². The van der Waals surface area contributed by atoms with E-state index in [9.17, 15) is 18.0 Å². The first-order valence-corrected chi connectivity index (χ1v) is 6.09. The predicted molar refractivity (Wildman–Crippen MR) is 70.8 cm³/mol. The Morgan fingerprint density at radius 3 is 2.00 bits per heavy atom. The highest BCUT2D eigenvalue weighted by Gasteiger charge is 2.35. The van der Waals surface area contributed by atoms with E-state index in [1.165, 1.54) is 18.2 Å². The van der Waals surface area contributed by atoms with Crippen molar-refractivity contribution in [2.24, 2.45) is 0 Å². The van der Waals surface area contributed by atoms with Crippen molar-refractivity contribution in [2.45, 2.75) is 20.0 Å². The van der Waals surface area contributed by atoms with E-state index >= 15 is 0 Å². The number of aryl methyl sites for hydroxylation is 2. The molecular formula is C16H13F3O. The smallest absolute Gasteiger partial charge is 0.289 e. The molecule has 0 radical (unpaired) electrons. The Hall–Kier alpha value is -2.10. The normalized spacial score (nSPS) is 11.4. The zero-order valence-electron chi connectivity index (χ0n) is 11.1. The molecule has 0 aliphatic carbocycles. The maximum atomic E-state index is 13.0. The van der Waals surface area contributed by atoms with E-state index in [1.807, 2.05) is 0 Å². The van der Waals surface area contributed by atoms with Crippen molar-refractivity contribution in [3.8, 4) is 0 Å². The molecule has 0 aliphatic rings. The van der Waals surface area contributed by atoms with Gasteiger partial charge in [-0.25, -0.2) is 0 Å². The van der Waals surface area contributed by atoms with Crippen LogP contribution in [0.15, 0.2) is 42.5 Å². The van der Waals surface area contributed by atoms with Crippen LogP contribution in [-0.2, 0) is 6.18 Å². The molecule has 0 saturated carbocycles. The topological polar surface area (TPSA) is 17.1 Å². The minimum Gasteiger partial charge on any atom is -0.289 e. The van der Waals surface area contributed by atoms with Crippen LogP contribution >= 0.6 is 0 Å². The quantitative estimate of drug-likeness (QED) is 0.736. The van der Waals surface area contributed by atoms with E-state index in [0.717, 1.165) is 6.07 Å². The summed E-state index contributed by atoms with van der Waals surface area (Å²) in [5.41, 5.74) is 0.480. The van der Waals surface area contributed by atoms with Gasteiger partial charge in [-0.3, -0.25) is 4.79 Å². The third-order valence-electron chi connectivity index (χ3n) is 3.19. The van der Waals surface area contributed by atoms with Crippen LogP contribution in [0.2, 0.25) is 0 Å². The van der Waals surface area contributed by atoms with Crippen LogP contribution in [0.25, 0.3) is 0 Å². The van der Waals surface area contributed by atoms with Crippen molar-refractivity contribution in [1.82, 2.24) is 0 Å². The molecule has 2 rings (SSSR count). The Morgan fingerprint density at radius 1 is 0.900 bits per heavy atom. The molecule has 0 heterocycles. The van der Waals surface area contributed by atoms with E-state index in [-0.39, 0.29) is 5.56 Å². The van der Waals surface area contributed by atoms with Gasteiger partial charge in [-0.2, -0.15) is 13.2 Å². The van der Waals surface area contributed by atoms with E-state index in [2.05, 4.69) is 0 Å². The number of carbonyl (C=O) groups is 1. The fourth-order valence-electron chi connectivity index (χ4n) is 2.24. The van der Waals surface area contributed by atoms with Gasteiger partial charge < -0.3 is 0 Å². The molecule has 104 valence electrons. The van der Waals surface area contributed by atoms with Gasteiger partial charge in [0.05, 0.1) is 5.56 Å². The summed E-state index contributed by atoms with van der Waals surface area (Å²) in [7, 11) is 0.